The molecule has 0 aliphatic carbocycles. The molecule has 0 unspecified atom stereocenters. The number of hydrogen-bond acceptors (Lipinski definition) is 4. The average molecular weight is 249 g/mol. The first-order valence-electron chi connectivity index (χ1n) is 4.83. The molecule has 1 amide bonds. The van der Waals surface area contributed by atoms with Crippen molar-refractivity contribution in [2.45, 2.75) is 4.90 Å². The molecular weight excluding hydrogens is 242 g/mol. The third kappa shape index (κ3) is 1.45. The molecule has 1 aromatic heterocycles. The summed E-state index contributed by atoms with van der Waals surface area (Å²) in [5.74, 6) is -0.0155. The third-order valence-corrected chi connectivity index (χ3v) is 3.94. The van der Waals surface area contributed by atoms with Gasteiger partial charge in [0.05, 0.1) is 11.8 Å². The second-order valence-electron chi connectivity index (χ2n) is 3.62. The maximum absolute atomic E-state index is 11.5. The molecule has 0 atom stereocenters. The van der Waals surface area contributed by atoms with Crippen LogP contribution in [0.2, 0.25) is 0 Å². The Morgan fingerprint density at radius 1 is 1.18 bits per heavy atom. The fourth-order valence-corrected chi connectivity index (χ4v) is 2.92. The molecule has 0 spiro atoms. The number of amides is 1. The molecule has 1 N–H and O–H groups in total. The topological polar surface area (TPSA) is 76.4 Å². The molecule has 5 nitrogen and oxygen atoms in total. The Hall–Kier alpha value is -2.08. The van der Waals surface area contributed by atoms with Gasteiger partial charge in [-0.2, -0.15) is 0 Å². The molecule has 0 fully saturated rings. The van der Waals surface area contributed by atoms with E-state index in [4.69, 9.17) is 4.42 Å². The zero-order valence-electron chi connectivity index (χ0n) is 8.51. The van der Waals surface area contributed by atoms with Gasteiger partial charge in [-0.25, -0.2) is 13.1 Å². The number of nitrogens with one attached hydrogen (secondary N) is 1. The van der Waals surface area contributed by atoms with Crippen LogP contribution in [-0.2, 0) is 10.0 Å². The first kappa shape index (κ1) is 10.1. The Morgan fingerprint density at radius 2 is 2.00 bits per heavy atom. The largest absolute Gasteiger partial charge is 0.464 e. The monoisotopic (exact) mass is 249 g/mol. The van der Waals surface area contributed by atoms with Crippen LogP contribution in [0.1, 0.15) is 10.4 Å². The normalized spacial score (nSPS) is 16.6. The van der Waals surface area contributed by atoms with Gasteiger partial charge in [-0.1, -0.05) is 0 Å². The molecular formula is C11H7NO4S. The lowest BCUT2D eigenvalue weighted by molar-refractivity contribution is 0.0985. The molecule has 0 radical (unpaired) electrons. The highest BCUT2D eigenvalue weighted by Gasteiger charge is 2.32. The maximum Gasteiger partial charge on any atom is 0.266 e. The lowest BCUT2D eigenvalue weighted by Gasteiger charge is -1.99. The van der Waals surface area contributed by atoms with Gasteiger partial charge in [0.15, 0.2) is 0 Å². The van der Waals surface area contributed by atoms with Crippen molar-refractivity contribution in [3.05, 3.63) is 42.2 Å². The Balaban J connectivity index is 2.22. The van der Waals surface area contributed by atoms with E-state index in [1.165, 1.54) is 18.4 Å². The Bertz CT molecular complexity index is 701. The minimum absolute atomic E-state index is 0.0119. The SMILES string of the molecule is O=C1NS(=O)(=O)c2ccc(-c3ccco3)cc21. The molecule has 3 rings (SSSR count). The molecule has 2 aromatic rings. The van der Waals surface area contributed by atoms with E-state index >= 15 is 0 Å². The van der Waals surface area contributed by atoms with Crippen molar-refractivity contribution >= 4 is 15.9 Å². The lowest BCUT2D eigenvalue weighted by Crippen LogP contribution is -2.20. The van der Waals surface area contributed by atoms with Crippen LogP contribution in [-0.4, -0.2) is 14.3 Å². The van der Waals surface area contributed by atoms with Gasteiger partial charge in [0.1, 0.15) is 10.7 Å². The summed E-state index contributed by atoms with van der Waals surface area (Å²) in [5, 5.41) is 0. The fraction of sp³-hybridized carbons (Fsp3) is 0. The third-order valence-electron chi connectivity index (χ3n) is 2.55. The van der Waals surface area contributed by atoms with Crippen LogP contribution in [0.5, 0.6) is 0 Å². The number of carbonyl (C=O) groups is 1. The number of fused-ring (bicyclic) bond motifs is 1. The minimum atomic E-state index is -3.67. The van der Waals surface area contributed by atoms with Gasteiger partial charge < -0.3 is 4.42 Å². The first-order valence-corrected chi connectivity index (χ1v) is 6.31. The number of benzene rings is 1. The zero-order valence-corrected chi connectivity index (χ0v) is 9.32. The number of rotatable bonds is 1. The van der Waals surface area contributed by atoms with E-state index in [1.54, 1.807) is 18.2 Å². The summed E-state index contributed by atoms with van der Waals surface area (Å²) in [7, 11) is -3.67. The summed E-state index contributed by atoms with van der Waals surface area (Å²) in [6.45, 7) is 0. The predicted octanol–water partition coefficient (Wildman–Crippen LogP) is 1.38. The van der Waals surface area contributed by atoms with Crippen molar-refractivity contribution < 1.29 is 17.6 Å². The van der Waals surface area contributed by atoms with E-state index in [1.807, 2.05) is 4.72 Å². The van der Waals surface area contributed by atoms with Crippen molar-refractivity contribution in [3.63, 3.8) is 0 Å². The molecule has 1 aliphatic heterocycles. The molecule has 0 saturated carbocycles. The van der Waals surface area contributed by atoms with Crippen molar-refractivity contribution in [2.24, 2.45) is 0 Å². The number of furan rings is 1. The van der Waals surface area contributed by atoms with Crippen molar-refractivity contribution in [2.75, 3.05) is 0 Å². The van der Waals surface area contributed by atoms with E-state index in [2.05, 4.69) is 0 Å². The highest BCUT2D eigenvalue weighted by atomic mass is 32.2. The summed E-state index contributed by atoms with van der Waals surface area (Å²) in [4.78, 5) is 11.5. The summed E-state index contributed by atoms with van der Waals surface area (Å²) in [5.41, 5.74) is 0.819. The van der Waals surface area contributed by atoms with Crippen LogP contribution in [0.3, 0.4) is 0 Å². The summed E-state index contributed by atoms with van der Waals surface area (Å²) >= 11 is 0. The quantitative estimate of drug-likeness (QED) is 0.828. The zero-order chi connectivity index (χ0) is 12.0. The van der Waals surface area contributed by atoms with Crippen LogP contribution in [0.25, 0.3) is 11.3 Å². The number of hydrogen-bond donors (Lipinski definition) is 1. The Kier molecular flexibility index (Phi) is 1.90. The minimum Gasteiger partial charge on any atom is -0.464 e. The smallest absolute Gasteiger partial charge is 0.266 e. The van der Waals surface area contributed by atoms with Crippen LogP contribution < -0.4 is 4.72 Å². The van der Waals surface area contributed by atoms with Crippen LogP contribution >= 0.6 is 0 Å². The van der Waals surface area contributed by atoms with Crippen LogP contribution in [0.4, 0.5) is 0 Å². The van der Waals surface area contributed by atoms with Crippen molar-refractivity contribution in [1.29, 1.82) is 0 Å². The second kappa shape index (κ2) is 3.21. The maximum atomic E-state index is 11.5. The lowest BCUT2D eigenvalue weighted by atomic mass is 10.1. The molecule has 17 heavy (non-hydrogen) atoms. The van der Waals surface area contributed by atoms with E-state index in [0.29, 0.717) is 11.3 Å². The van der Waals surface area contributed by atoms with Gasteiger partial charge in [-0.3, -0.25) is 4.79 Å². The van der Waals surface area contributed by atoms with Crippen LogP contribution in [0, 0.1) is 0 Å². The molecule has 2 heterocycles. The van der Waals surface area contributed by atoms with E-state index in [9.17, 15) is 13.2 Å². The standard InChI is InChI=1S/C11H7NO4S/c13-11-8-6-7(9-2-1-5-16-9)3-4-10(8)17(14,15)12-11/h1-6H,(H,12,13). The molecule has 1 aromatic carbocycles. The summed E-state index contributed by atoms with van der Waals surface area (Å²) < 4.78 is 30.1. The molecule has 86 valence electrons. The Labute approximate surface area is 97.1 Å². The second-order valence-corrected chi connectivity index (χ2v) is 5.27. The summed E-state index contributed by atoms with van der Waals surface area (Å²) in [6.07, 6.45) is 1.51. The van der Waals surface area contributed by atoms with Gasteiger partial charge in [-0.15, -0.1) is 0 Å². The van der Waals surface area contributed by atoms with Crippen molar-refractivity contribution in [1.82, 2.24) is 4.72 Å². The Morgan fingerprint density at radius 3 is 2.71 bits per heavy atom. The molecule has 0 bridgehead atoms. The van der Waals surface area contributed by atoms with Gasteiger partial charge in [-0.05, 0) is 30.3 Å². The molecule has 0 saturated heterocycles. The first-order chi connectivity index (χ1) is 8.08. The van der Waals surface area contributed by atoms with Gasteiger partial charge in [0, 0.05) is 5.56 Å². The van der Waals surface area contributed by atoms with Gasteiger partial charge >= 0.3 is 0 Å². The van der Waals surface area contributed by atoms with E-state index in [-0.39, 0.29) is 10.5 Å². The van der Waals surface area contributed by atoms with E-state index < -0.39 is 15.9 Å². The van der Waals surface area contributed by atoms with Gasteiger partial charge in [0.25, 0.3) is 15.9 Å². The van der Waals surface area contributed by atoms with Crippen LogP contribution in [0.15, 0.2) is 45.9 Å². The summed E-state index contributed by atoms with van der Waals surface area (Å²) in [6, 6.07) is 7.98. The molecule has 6 heteroatoms. The highest BCUT2D eigenvalue weighted by molar-refractivity contribution is 7.90. The fourth-order valence-electron chi connectivity index (χ4n) is 1.77. The average Bonchev–Trinajstić information content (AvgIpc) is 2.87. The molecule has 1 aliphatic rings. The van der Waals surface area contributed by atoms with Crippen molar-refractivity contribution in [3.8, 4) is 11.3 Å². The number of carbonyl (C=O) groups excluding carboxylic acids is 1. The number of sulfonamides is 1. The highest BCUT2D eigenvalue weighted by Crippen LogP contribution is 2.28. The van der Waals surface area contributed by atoms with E-state index in [0.717, 1.165) is 0 Å². The van der Waals surface area contributed by atoms with Gasteiger partial charge in [0.2, 0.25) is 0 Å². The predicted molar refractivity (Wildman–Crippen MR) is 58.8 cm³/mol.